The van der Waals surface area contributed by atoms with E-state index in [9.17, 15) is 17.6 Å². The first-order valence-electron chi connectivity index (χ1n) is 4.67. The minimum atomic E-state index is -4.17. The molecule has 0 unspecified atom stereocenters. The largest absolute Gasteiger partial charge is 0.487 e. The average Bonchev–Trinajstić information content (AvgIpc) is 2.28. The van der Waals surface area contributed by atoms with Gasteiger partial charge in [0.1, 0.15) is 5.75 Å². The number of hydrogen-bond acceptors (Lipinski definition) is 2. The predicted molar refractivity (Wildman–Crippen MR) is 55.0 cm³/mol. The molecule has 0 amide bonds. The first-order chi connectivity index (χ1) is 7.86. The van der Waals surface area contributed by atoms with Crippen LogP contribution in [0.5, 0.6) is 5.75 Å². The van der Waals surface area contributed by atoms with Gasteiger partial charge in [-0.15, -0.1) is 11.6 Å². The molecule has 17 heavy (non-hydrogen) atoms. The van der Waals surface area contributed by atoms with Crippen molar-refractivity contribution >= 4 is 11.6 Å². The summed E-state index contributed by atoms with van der Waals surface area (Å²) in [6.45, 7) is 0.193. The Morgan fingerprint density at radius 3 is 2.65 bits per heavy atom. The molecular formula is C10H10ClF4NO. The fourth-order valence-electron chi connectivity index (χ4n) is 1.01. The predicted octanol–water partition coefficient (Wildman–Crippen LogP) is 3.41. The van der Waals surface area contributed by atoms with Gasteiger partial charge in [0.25, 0.3) is 0 Å². The summed E-state index contributed by atoms with van der Waals surface area (Å²) >= 11 is 5.51. The Hall–Kier alpha value is -1.04. The van der Waals surface area contributed by atoms with Crippen molar-refractivity contribution in [3.05, 3.63) is 23.5 Å². The van der Waals surface area contributed by atoms with Gasteiger partial charge in [-0.3, -0.25) is 4.98 Å². The number of nitrogens with zero attached hydrogens (tertiary/aromatic N) is 1. The van der Waals surface area contributed by atoms with Crippen molar-refractivity contribution < 1.29 is 22.3 Å². The normalized spacial score (nSPS) is 11.9. The van der Waals surface area contributed by atoms with Crippen molar-refractivity contribution in [2.75, 3.05) is 6.61 Å². The van der Waals surface area contributed by atoms with Crippen molar-refractivity contribution in [3.63, 3.8) is 0 Å². The van der Waals surface area contributed by atoms with Gasteiger partial charge in [-0.2, -0.15) is 8.78 Å². The van der Waals surface area contributed by atoms with Crippen molar-refractivity contribution in [2.24, 2.45) is 0 Å². The molecule has 0 bridgehead atoms. The zero-order valence-electron chi connectivity index (χ0n) is 8.89. The maximum Gasteiger partial charge on any atom is 0.340 e. The van der Waals surface area contributed by atoms with Crippen LogP contribution in [0.4, 0.5) is 17.6 Å². The number of halogens is 5. The van der Waals surface area contributed by atoms with Gasteiger partial charge in [0.05, 0.1) is 11.6 Å². The highest BCUT2D eigenvalue weighted by Crippen LogP contribution is 2.26. The highest BCUT2D eigenvalue weighted by Gasteiger charge is 2.41. The van der Waals surface area contributed by atoms with E-state index in [0.717, 1.165) is 0 Å². The molecule has 96 valence electrons. The summed E-state index contributed by atoms with van der Waals surface area (Å²) < 4.78 is 53.7. The number of alkyl halides is 5. The second kappa shape index (κ2) is 5.53. The SMILES string of the molecule is Cc1cnc(CCl)cc1OCC(F)(F)C(F)F. The lowest BCUT2D eigenvalue weighted by molar-refractivity contribution is -0.148. The molecule has 1 rings (SSSR count). The summed E-state index contributed by atoms with van der Waals surface area (Å²) in [6, 6.07) is 1.35. The van der Waals surface area contributed by atoms with Crippen LogP contribution in [0.2, 0.25) is 0 Å². The molecule has 0 saturated heterocycles. The zero-order valence-corrected chi connectivity index (χ0v) is 9.65. The molecule has 0 fully saturated rings. The second-order valence-electron chi connectivity index (χ2n) is 3.43. The van der Waals surface area contributed by atoms with Crippen LogP contribution in [0.25, 0.3) is 0 Å². The van der Waals surface area contributed by atoms with Crippen molar-refractivity contribution in [1.82, 2.24) is 4.98 Å². The lowest BCUT2D eigenvalue weighted by Crippen LogP contribution is -2.33. The Kier molecular flexibility index (Phi) is 4.56. The number of hydrogen-bond donors (Lipinski definition) is 0. The van der Waals surface area contributed by atoms with Gasteiger partial charge < -0.3 is 4.74 Å². The van der Waals surface area contributed by atoms with E-state index in [0.29, 0.717) is 11.3 Å². The molecule has 0 aromatic carbocycles. The fraction of sp³-hybridized carbons (Fsp3) is 0.500. The first-order valence-corrected chi connectivity index (χ1v) is 5.20. The molecule has 1 aromatic heterocycles. The molecule has 0 saturated carbocycles. The topological polar surface area (TPSA) is 22.1 Å². The van der Waals surface area contributed by atoms with Crippen LogP contribution in [0.1, 0.15) is 11.3 Å². The van der Waals surface area contributed by atoms with Crippen molar-refractivity contribution in [2.45, 2.75) is 25.2 Å². The van der Waals surface area contributed by atoms with Crippen molar-refractivity contribution in [3.8, 4) is 5.75 Å². The van der Waals surface area contributed by atoms with E-state index in [2.05, 4.69) is 9.72 Å². The number of aryl methyl sites for hydroxylation is 1. The summed E-state index contributed by atoms with van der Waals surface area (Å²) in [5, 5.41) is 0. The summed E-state index contributed by atoms with van der Waals surface area (Å²) in [6.07, 6.45) is -2.37. The van der Waals surface area contributed by atoms with Crippen LogP contribution in [-0.4, -0.2) is 23.9 Å². The molecule has 0 aliphatic carbocycles. The van der Waals surface area contributed by atoms with E-state index in [1.165, 1.54) is 12.3 Å². The Morgan fingerprint density at radius 1 is 1.47 bits per heavy atom. The van der Waals surface area contributed by atoms with Gasteiger partial charge >= 0.3 is 12.3 Å². The molecule has 0 aliphatic rings. The maximum atomic E-state index is 12.6. The van der Waals surface area contributed by atoms with Crippen LogP contribution in [0, 0.1) is 6.92 Å². The van der Waals surface area contributed by atoms with Gasteiger partial charge in [-0.25, -0.2) is 8.78 Å². The molecule has 0 spiro atoms. The molecule has 1 aromatic rings. The van der Waals surface area contributed by atoms with E-state index in [4.69, 9.17) is 11.6 Å². The highest BCUT2D eigenvalue weighted by molar-refractivity contribution is 6.16. The Bertz CT molecular complexity index is 387. The zero-order chi connectivity index (χ0) is 13.1. The van der Waals surface area contributed by atoms with Crippen LogP contribution < -0.4 is 4.74 Å². The molecule has 1 heterocycles. The van der Waals surface area contributed by atoms with Gasteiger partial charge in [0.2, 0.25) is 0 Å². The maximum absolute atomic E-state index is 12.6. The molecule has 7 heteroatoms. The van der Waals surface area contributed by atoms with Gasteiger partial charge in [-0.1, -0.05) is 0 Å². The van der Waals surface area contributed by atoms with E-state index in [1.807, 2.05) is 0 Å². The fourth-order valence-corrected chi connectivity index (χ4v) is 1.16. The number of aromatic nitrogens is 1. The first kappa shape index (κ1) is 14.0. The lowest BCUT2D eigenvalue weighted by Gasteiger charge is -2.17. The van der Waals surface area contributed by atoms with Gasteiger partial charge in [0, 0.05) is 17.8 Å². The summed E-state index contributed by atoms with van der Waals surface area (Å²) in [5.74, 6) is -4.00. The van der Waals surface area contributed by atoms with E-state index >= 15 is 0 Å². The lowest BCUT2D eigenvalue weighted by atomic mass is 10.2. The number of pyridine rings is 1. The van der Waals surface area contributed by atoms with E-state index in [1.54, 1.807) is 6.92 Å². The average molecular weight is 272 g/mol. The Balaban J connectivity index is 2.75. The third-order valence-electron chi connectivity index (χ3n) is 1.99. The molecule has 2 nitrogen and oxygen atoms in total. The van der Waals surface area contributed by atoms with Gasteiger partial charge in [0.15, 0.2) is 6.61 Å². The van der Waals surface area contributed by atoms with E-state index in [-0.39, 0.29) is 11.6 Å². The summed E-state index contributed by atoms with van der Waals surface area (Å²) in [4.78, 5) is 3.89. The molecule has 0 aliphatic heterocycles. The standard InChI is InChI=1S/C10H10ClF4NO/c1-6-4-16-7(3-11)2-8(6)17-5-10(14,15)9(12)13/h2,4,9H,3,5H2,1H3. The second-order valence-corrected chi connectivity index (χ2v) is 3.69. The third kappa shape index (κ3) is 3.73. The van der Waals surface area contributed by atoms with E-state index < -0.39 is 19.0 Å². The van der Waals surface area contributed by atoms with Crippen LogP contribution in [0.3, 0.4) is 0 Å². The quantitative estimate of drug-likeness (QED) is 0.605. The smallest absolute Gasteiger partial charge is 0.340 e. The monoisotopic (exact) mass is 271 g/mol. The van der Waals surface area contributed by atoms with Crippen LogP contribution in [-0.2, 0) is 5.88 Å². The minimum absolute atomic E-state index is 0.0796. The molecule has 0 N–H and O–H groups in total. The van der Waals surface area contributed by atoms with Crippen LogP contribution >= 0.6 is 11.6 Å². The summed E-state index contributed by atoms with van der Waals surface area (Å²) in [5.41, 5.74) is 0.900. The number of rotatable bonds is 5. The molecule has 0 radical (unpaired) electrons. The molecular weight excluding hydrogens is 262 g/mol. The highest BCUT2D eigenvalue weighted by atomic mass is 35.5. The van der Waals surface area contributed by atoms with Crippen molar-refractivity contribution in [1.29, 1.82) is 0 Å². The Morgan fingerprint density at radius 2 is 2.12 bits per heavy atom. The van der Waals surface area contributed by atoms with Crippen LogP contribution in [0.15, 0.2) is 12.3 Å². The summed E-state index contributed by atoms with van der Waals surface area (Å²) in [7, 11) is 0. The minimum Gasteiger partial charge on any atom is -0.487 e. The molecule has 0 atom stereocenters. The third-order valence-corrected chi connectivity index (χ3v) is 2.26. The number of ether oxygens (including phenoxy) is 1. The van der Waals surface area contributed by atoms with Gasteiger partial charge in [-0.05, 0) is 6.92 Å². The Labute approximate surface area is 101 Å².